The van der Waals surface area contributed by atoms with Gasteiger partial charge in [0.15, 0.2) is 0 Å². The summed E-state index contributed by atoms with van der Waals surface area (Å²) in [5, 5.41) is 23.9. The van der Waals surface area contributed by atoms with Crippen LogP contribution in [-0.2, 0) is 11.2 Å². The lowest BCUT2D eigenvalue weighted by molar-refractivity contribution is -0.131. The number of hydrogen-bond donors (Lipinski definition) is 3. The minimum absolute atomic E-state index is 0.102. The van der Waals surface area contributed by atoms with E-state index in [2.05, 4.69) is 10.2 Å². The molecule has 0 aliphatic heterocycles. The second-order valence-corrected chi connectivity index (χ2v) is 3.09. The van der Waals surface area contributed by atoms with Crippen molar-refractivity contribution in [3.8, 4) is 0 Å². The lowest BCUT2D eigenvalue weighted by Crippen LogP contribution is -2.36. The summed E-state index contributed by atoms with van der Waals surface area (Å²) in [7, 11) is 0. The van der Waals surface area contributed by atoms with E-state index in [9.17, 15) is 4.79 Å². The molecule has 6 nitrogen and oxygen atoms in total. The van der Waals surface area contributed by atoms with E-state index in [1.807, 2.05) is 0 Å². The Balaban J connectivity index is 2.48. The van der Waals surface area contributed by atoms with E-state index >= 15 is 0 Å². The van der Waals surface area contributed by atoms with Gasteiger partial charge in [0.25, 0.3) is 0 Å². The largest absolute Gasteiger partial charge is 0.395 e. The van der Waals surface area contributed by atoms with Crippen molar-refractivity contribution in [2.75, 3.05) is 26.3 Å². The molecule has 0 saturated heterocycles. The zero-order chi connectivity index (χ0) is 11.1. The second-order valence-electron chi connectivity index (χ2n) is 3.09. The summed E-state index contributed by atoms with van der Waals surface area (Å²) >= 11 is 0. The molecule has 84 valence electrons. The number of amides is 1. The first kappa shape index (κ1) is 11.7. The summed E-state index contributed by atoms with van der Waals surface area (Å²) in [5.41, 5.74) is 0.723. The SMILES string of the molecule is O=C(Cc1ccn[nH]1)N(CCO)CCO. The van der Waals surface area contributed by atoms with Crippen LogP contribution in [-0.4, -0.2) is 57.5 Å². The van der Waals surface area contributed by atoms with E-state index in [0.717, 1.165) is 5.69 Å². The Morgan fingerprint density at radius 1 is 1.40 bits per heavy atom. The van der Waals surface area contributed by atoms with Crippen molar-refractivity contribution in [2.45, 2.75) is 6.42 Å². The van der Waals surface area contributed by atoms with Crippen molar-refractivity contribution in [3.63, 3.8) is 0 Å². The van der Waals surface area contributed by atoms with Crippen molar-refractivity contribution in [1.82, 2.24) is 15.1 Å². The number of carbonyl (C=O) groups is 1. The number of aliphatic hydroxyl groups is 2. The second kappa shape index (κ2) is 6.15. The van der Waals surface area contributed by atoms with Crippen LogP contribution in [0.1, 0.15) is 5.69 Å². The molecule has 1 amide bonds. The van der Waals surface area contributed by atoms with Gasteiger partial charge in [0, 0.05) is 25.0 Å². The van der Waals surface area contributed by atoms with Gasteiger partial charge in [0.1, 0.15) is 0 Å². The summed E-state index contributed by atoms with van der Waals surface area (Å²) in [6.45, 7) is 0.282. The number of rotatable bonds is 6. The number of carbonyl (C=O) groups excluding carboxylic acids is 1. The quantitative estimate of drug-likeness (QED) is 0.551. The summed E-state index contributed by atoms with van der Waals surface area (Å²) in [4.78, 5) is 13.1. The van der Waals surface area contributed by atoms with E-state index in [1.54, 1.807) is 12.3 Å². The maximum atomic E-state index is 11.6. The van der Waals surface area contributed by atoms with Crippen LogP contribution in [0.25, 0.3) is 0 Å². The molecule has 0 saturated carbocycles. The Morgan fingerprint density at radius 2 is 2.07 bits per heavy atom. The molecule has 1 rings (SSSR count). The molecule has 0 unspecified atom stereocenters. The fraction of sp³-hybridized carbons (Fsp3) is 0.556. The molecule has 0 spiro atoms. The van der Waals surface area contributed by atoms with Gasteiger partial charge in [0.05, 0.1) is 19.6 Å². The third-order valence-corrected chi connectivity index (χ3v) is 1.99. The van der Waals surface area contributed by atoms with Crippen LogP contribution < -0.4 is 0 Å². The number of hydrogen-bond acceptors (Lipinski definition) is 4. The lowest BCUT2D eigenvalue weighted by Gasteiger charge is -2.20. The molecule has 0 fully saturated rings. The number of nitrogens with zero attached hydrogens (tertiary/aromatic N) is 2. The van der Waals surface area contributed by atoms with Gasteiger partial charge in [-0.3, -0.25) is 9.89 Å². The Morgan fingerprint density at radius 3 is 2.53 bits per heavy atom. The minimum atomic E-state index is -0.137. The fourth-order valence-electron chi connectivity index (χ4n) is 1.26. The molecule has 0 atom stereocenters. The van der Waals surface area contributed by atoms with Crippen molar-refractivity contribution >= 4 is 5.91 Å². The maximum absolute atomic E-state index is 11.6. The van der Waals surface area contributed by atoms with Gasteiger partial charge >= 0.3 is 0 Å². The molecule has 1 aromatic rings. The molecule has 0 aliphatic rings. The van der Waals surface area contributed by atoms with Gasteiger partial charge < -0.3 is 15.1 Å². The van der Waals surface area contributed by atoms with Gasteiger partial charge in [0.2, 0.25) is 5.91 Å². The topological polar surface area (TPSA) is 89.5 Å². The average Bonchev–Trinajstić information content (AvgIpc) is 2.70. The van der Waals surface area contributed by atoms with Gasteiger partial charge in [-0.25, -0.2) is 0 Å². The van der Waals surface area contributed by atoms with Crippen molar-refractivity contribution in [3.05, 3.63) is 18.0 Å². The summed E-state index contributed by atoms with van der Waals surface area (Å²) in [6.07, 6.45) is 1.78. The minimum Gasteiger partial charge on any atom is -0.395 e. The van der Waals surface area contributed by atoms with Crippen LogP contribution in [0.4, 0.5) is 0 Å². The molecule has 3 N–H and O–H groups in total. The lowest BCUT2D eigenvalue weighted by atomic mass is 10.3. The molecule has 1 aromatic heterocycles. The van der Waals surface area contributed by atoms with Crippen molar-refractivity contribution in [2.24, 2.45) is 0 Å². The molecule has 0 aliphatic carbocycles. The van der Waals surface area contributed by atoms with E-state index in [0.29, 0.717) is 0 Å². The van der Waals surface area contributed by atoms with E-state index < -0.39 is 0 Å². The molecule has 1 heterocycles. The first-order valence-corrected chi connectivity index (χ1v) is 4.75. The van der Waals surface area contributed by atoms with E-state index in [4.69, 9.17) is 10.2 Å². The van der Waals surface area contributed by atoms with Crippen LogP contribution in [0.5, 0.6) is 0 Å². The first-order chi connectivity index (χ1) is 7.27. The zero-order valence-electron chi connectivity index (χ0n) is 8.39. The van der Waals surface area contributed by atoms with Crippen LogP contribution in [0.15, 0.2) is 12.3 Å². The van der Waals surface area contributed by atoms with Gasteiger partial charge in [-0.2, -0.15) is 5.10 Å². The highest BCUT2D eigenvalue weighted by Gasteiger charge is 2.13. The highest BCUT2D eigenvalue weighted by atomic mass is 16.3. The summed E-state index contributed by atoms with van der Waals surface area (Å²) in [6, 6.07) is 1.72. The molecule has 6 heteroatoms. The average molecular weight is 213 g/mol. The number of aliphatic hydroxyl groups excluding tert-OH is 2. The highest BCUT2D eigenvalue weighted by molar-refractivity contribution is 5.78. The monoisotopic (exact) mass is 213 g/mol. The van der Waals surface area contributed by atoms with Crippen LogP contribution in [0.2, 0.25) is 0 Å². The van der Waals surface area contributed by atoms with Gasteiger partial charge in [-0.15, -0.1) is 0 Å². The number of aromatic amines is 1. The Bertz CT molecular complexity index is 281. The van der Waals surface area contributed by atoms with Crippen molar-refractivity contribution in [1.29, 1.82) is 0 Å². The molecular formula is C9H15N3O3. The van der Waals surface area contributed by atoms with Crippen LogP contribution >= 0.6 is 0 Å². The fourth-order valence-corrected chi connectivity index (χ4v) is 1.26. The molecule has 0 radical (unpaired) electrons. The van der Waals surface area contributed by atoms with E-state index in [-0.39, 0.29) is 38.6 Å². The Kier molecular flexibility index (Phi) is 4.79. The Labute approximate surface area is 87.5 Å². The van der Waals surface area contributed by atoms with Gasteiger partial charge in [-0.1, -0.05) is 0 Å². The molecule has 0 aromatic carbocycles. The maximum Gasteiger partial charge on any atom is 0.228 e. The number of aromatic nitrogens is 2. The molecule has 0 bridgehead atoms. The third kappa shape index (κ3) is 3.69. The number of nitrogens with one attached hydrogen (secondary N) is 1. The normalized spacial score (nSPS) is 10.3. The van der Waals surface area contributed by atoms with Crippen LogP contribution in [0, 0.1) is 0 Å². The number of H-pyrrole nitrogens is 1. The smallest absolute Gasteiger partial charge is 0.228 e. The highest BCUT2D eigenvalue weighted by Crippen LogP contribution is 1.98. The van der Waals surface area contributed by atoms with Gasteiger partial charge in [-0.05, 0) is 6.07 Å². The first-order valence-electron chi connectivity index (χ1n) is 4.75. The Hall–Kier alpha value is -1.40. The molecular weight excluding hydrogens is 198 g/mol. The zero-order valence-corrected chi connectivity index (χ0v) is 8.39. The predicted octanol–water partition coefficient (Wildman–Crippen LogP) is -1.23. The summed E-state index contributed by atoms with van der Waals surface area (Å²) < 4.78 is 0. The van der Waals surface area contributed by atoms with E-state index in [1.165, 1.54) is 4.90 Å². The third-order valence-electron chi connectivity index (χ3n) is 1.99. The predicted molar refractivity (Wildman–Crippen MR) is 53.0 cm³/mol. The summed E-state index contributed by atoms with van der Waals surface area (Å²) in [5.74, 6) is -0.137. The molecule has 15 heavy (non-hydrogen) atoms. The standard InChI is InChI=1S/C9H15N3O3/c13-5-3-12(4-6-14)9(15)7-8-1-2-10-11-8/h1-2,13-14H,3-7H2,(H,10,11). The van der Waals surface area contributed by atoms with Crippen LogP contribution in [0.3, 0.4) is 0 Å². The van der Waals surface area contributed by atoms with Crippen molar-refractivity contribution < 1.29 is 15.0 Å².